The van der Waals surface area contributed by atoms with Crippen molar-refractivity contribution in [2.24, 2.45) is 11.8 Å². The Morgan fingerprint density at radius 3 is 2.65 bits per heavy atom. The highest BCUT2D eigenvalue weighted by Gasteiger charge is 2.31. The van der Waals surface area contributed by atoms with E-state index in [0.29, 0.717) is 44.1 Å². The highest BCUT2D eigenvalue weighted by molar-refractivity contribution is 5.94. The van der Waals surface area contributed by atoms with E-state index in [1.54, 1.807) is 27.0 Å². The SMILES string of the molecule is CCOC(=O)[C@H]1CCCN(C(=O)c2cc3c(=O)n(CC(C)C)c4ccccc4n3n2)C1. The van der Waals surface area contributed by atoms with Gasteiger partial charge in [-0.25, -0.2) is 4.52 Å². The fourth-order valence-corrected chi connectivity index (χ4v) is 4.26. The number of carbonyl (C=O) groups is 2. The van der Waals surface area contributed by atoms with Crippen LogP contribution in [0.4, 0.5) is 0 Å². The minimum absolute atomic E-state index is 0.165. The number of rotatable bonds is 5. The molecule has 0 saturated carbocycles. The molecule has 1 saturated heterocycles. The van der Waals surface area contributed by atoms with Crippen molar-refractivity contribution in [1.82, 2.24) is 19.1 Å². The van der Waals surface area contributed by atoms with Crippen LogP contribution in [0.25, 0.3) is 16.6 Å². The van der Waals surface area contributed by atoms with E-state index < -0.39 is 0 Å². The van der Waals surface area contributed by atoms with Crippen LogP contribution >= 0.6 is 0 Å². The summed E-state index contributed by atoms with van der Waals surface area (Å²) in [7, 11) is 0. The molecule has 8 nitrogen and oxygen atoms in total. The summed E-state index contributed by atoms with van der Waals surface area (Å²) in [6, 6.07) is 9.16. The van der Waals surface area contributed by atoms with Gasteiger partial charge in [0.15, 0.2) is 5.69 Å². The van der Waals surface area contributed by atoms with Gasteiger partial charge in [0.1, 0.15) is 5.52 Å². The van der Waals surface area contributed by atoms with Gasteiger partial charge in [-0.1, -0.05) is 26.0 Å². The predicted molar refractivity (Wildman–Crippen MR) is 117 cm³/mol. The number of ether oxygens (including phenoxy) is 1. The van der Waals surface area contributed by atoms with Crippen LogP contribution in [0.5, 0.6) is 0 Å². The molecule has 0 spiro atoms. The van der Waals surface area contributed by atoms with E-state index in [1.807, 2.05) is 24.3 Å². The first-order valence-electron chi connectivity index (χ1n) is 10.9. The minimum atomic E-state index is -0.321. The number of para-hydroxylation sites is 2. The largest absolute Gasteiger partial charge is 0.466 e. The summed E-state index contributed by atoms with van der Waals surface area (Å²) in [5.74, 6) is -0.561. The monoisotopic (exact) mass is 424 g/mol. The van der Waals surface area contributed by atoms with E-state index in [1.165, 1.54) is 0 Å². The summed E-state index contributed by atoms with van der Waals surface area (Å²) in [5, 5.41) is 4.50. The predicted octanol–water partition coefficient (Wildman–Crippen LogP) is 2.72. The van der Waals surface area contributed by atoms with Gasteiger partial charge in [0.05, 0.1) is 23.6 Å². The van der Waals surface area contributed by atoms with Gasteiger partial charge in [0.25, 0.3) is 11.5 Å². The first-order valence-corrected chi connectivity index (χ1v) is 10.9. The van der Waals surface area contributed by atoms with Gasteiger partial charge in [0, 0.05) is 25.7 Å². The van der Waals surface area contributed by atoms with Crippen LogP contribution in [0, 0.1) is 11.8 Å². The molecule has 0 bridgehead atoms. The van der Waals surface area contributed by atoms with Gasteiger partial charge < -0.3 is 14.2 Å². The van der Waals surface area contributed by atoms with E-state index in [-0.39, 0.29) is 29.0 Å². The molecule has 1 aromatic carbocycles. The summed E-state index contributed by atoms with van der Waals surface area (Å²) in [5.41, 5.74) is 1.99. The van der Waals surface area contributed by atoms with Gasteiger partial charge >= 0.3 is 5.97 Å². The first-order chi connectivity index (χ1) is 14.9. The van der Waals surface area contributed by atoms with Crippen molar-refractivity contribution in [3.63, 3.8) is 0 Å². The Labute approximate surface area is 180 Å². The minimum Gasteiger partial charge on any atom is -0.466 e. The standard InChI is InChI=1S/C23H28N4O4/c1-4-31-23(30)16-8-7-11-25(14-16)21(28)17-12-20-22(29)26(13-15(2)3)18-9-5-6-10-19(18)27(20)24-17/h5-6,9-10,12,15-16H,4,7-8,11,13-14H2,1-3H3/t16-/m0/s1. The van der Waals surface area contributed by atoms with Crippen molar-refractivity contribution in [1.29, 1.82) is 0 Å². The lowest BCUT2D eigenvalue weighted by Gasteiger charge is -2.31. The molecular formula is C23H28N4O4. The normalized spacial score (nSPS) is 16.9. The third-order valence-corrected chi connectivity index (χ3v) is 5.67. The second-order valence-corrected chi connectivity index (χ2v) is 8.47. The zero-order chi connectivity index (χ0) is 22.1. The van der Waals surface area contributed by atoms with Crippen LogP contribution in [0.2, 0.25) is 0 Å². The number of hydrogen-bond donors (Lipinski definition) is 0. The lowest BCUT2D eigenvalue weighted by molar-refractivity contribution is -0.149. The smallest absolute Gasteiger partial charge is 0.310 e. The molecule has 1 aliphatic rings. The maximum atomic E-state index is 13.2. The molecule has 1 atom stereocenters. The Hall–Kier alpha value is -3.16. The molecule has 3 aromatic rings. The molecule has 0 N–H and O–H groups in total. The van der Waals surface area contributed by atoms with Gasteiger partial charge in [-0.15, -0.1) is 0 Å². The Morgan fingerprint density at radius 1 is 1.19 bits per heavy atom. The fraction of sp³-hybridized carbons (Fsp3) is 0.478. The number of hydrogen-bond acceptors (Lipinski definition) is 5. The molecule has 0 unspecified atom stereocenters. The van der Waals surface area contributed by atoms with Crippen molar-refractivity contribution in [2.45, 2.75) is 40.2 Å². The fourth-order valence-electron chi connectivity index (χ4n) is 4.26. The number of nitrogens with zero attached hydrogens (tertiary/aromatic N) is 4. The molecule has 1 fully saturated rings. The zero-order valence-electron chi connectivity index (χ0n) is 18.2. The number of aromatic nitrogens is 3. The van der Waals surface area contributed by atoms with E-state index >= 15 is 0 Å². The topological polar surface area (TPSA) is 85.9 Å². The van der Waals surface area contributed by atoms with Crippen LogP contribution in [0.3, 0.4) is 0 Å². The molecule has 164 valence electrons. The summed E-state index contributed by atoms with van der Waals surface area (Å²) >= 11 is 0. The van der Waals surface area contributed by atoms with E-state index in [0.717, 1.165) is 17.5 Å². The number of carbonyl (C=O) groups excluding carboxylic acids is 2. The van der Waals surface area contributed by atoms with Gasteiger partial charge in [-0.05, 0) is 37.8 Å². The number of esters is 1. The third-order valence-electron chi connectivity index (χ3n) is 5.67. The molecule has 31 heavy (non-hydrogen) atoms. The van der Waals surface area contributed by atoms with Crippen molar-refractivity contribution in [3.05, 3.63) is 46.4 Å². The first kappa shape index (κ1) is 21.1. The maximum absolute atomic E-state index is 13.2. The van der Waals surface area contributed by atoms with E-state index in [4.69, 9.17) is 4.74 Å². The van der Waals surface area contributed by atoms with Gasteiger partial charge in [-0.3, -0.25) is 14.4 Å². The Balaban J connectivity index is 1.73. The second-order valence-electron chi connectivity index (χ2n) is 8.47. The highest BCUT2D eigenvalue weighted by Crippen LogP contribution is 2.21. The number of fused-ring (bicyclic) bond motifs is 3. The number of benzene rings is 1. The lowest BCUT2D eigenvalue weighted by Crippen LogP contribution is -2.43. The highest BCUT2D eigenvalue weighted by atomic mass is 16.5. The van der Waals surface area contributed by atoms with Crippen molar-refractivity contribution in [2.75, 3.05) is 19.7 Å². The van der Waals surface area contributed by atoms with E-state index in [9.17, 15) is 14.4 Å². The van der Waals surface area contributed by atoms with E-state index in [2.05, 4.69) is 18.9 Å². The number of likely N-dealkylation sites (tertiary alicyclic amines) is 1. The van der Waals surface area contributed by atoms with Crippen molar-refractivity contribution >= 4 is 28.4 Å². The molecule has 1 aliphatic heterocycles. The zero-order valence-corrected chi connectivity index (χ0v) is 18.2. The molecule has 3 heterocycles. The van der Waals surface area contributed by atoms with Crippen LogP contribution in [0.15, 0.2) is 35.1 Å². The van der Waals surface area contributed by atoms with Gasteiger partial charge in [-0.2, -0.15) is 5.10 Å². The van der Waals surface area contributed by atoms with Gasteiger partial charge in [0.2, 0.25) is 0 Å². The summed E-state index contributed by atoms with van der Waals surface area (Å²) in [6.07, 6.45) is 1.44. The second kappa shape index (κ2) is 8.53. The van der Waals surface area contributed by atoms with Crippen molar-refractivity contribution < 1.29 is 14.3 Å². The molecular weight excluding hydrogens is 396 g/mol. The van der Waals surface area contributed by atoms with Crippen molar-refractivity contribution in [3.8, 4) is 0 Å². The Bertz CT molecular complexity index is 1190. The molecule has 0 aliphatic carbocycles. The van der Waals surface area contributed by atoms with Crippen LogP contribution in [-0.2, 0) is 16.1 Å². The quantitative estimate of drug-likeness (QED) is 0.588. The molecule has 4 rings (SSSR count). The third kappa shape index (κ3) is 3.94. The maximum Gasteiger partial charge on any atom is 0.310 e. The van der Waals surface area contributed by atoms with Crippen LogP contribution in [-0.4, -0.2) is 50.7 Å². The lowest BCUT2D eigenvalue weighted by atomic mass is 9.98. The summed E-state index contributed by atoms with van der Waals surface area (Å²) < 4.78 is 8.45. The molecule has 2 aromatic heterocycles. The Kier molecular flexibility index (Phi) is 5.80. The average molecular weight is 425 g/mol. The van der Waals surface area contributed by atoms with Crippen LogP contribution in [0.1, 0.15) is 44.1 Å². The Morgan fingerprint density at radius 2 is 1.94 bits per heavy atom. The van der Waals surface area contributed by atoms with Crippen LogP contribution < -0.4 is 5.56 Å². The number of piperidine rings is 1. The molecule has 1 amide bonds. The number of amides is 1. The average Bonchev–Trinajstić information content (AvgIpc) is 3.22. The summed E-state index contributed by atoms with van der Waals surface area (Å²) in [4.78, 5) is 40.2. The molecule has 8 heteroatoms. The molecule has 0 radical (unpaired) electrons. The summed E-state index contributed by atoms with van der Waals surface area (Å²) in [6.45, 7) is 7.67.